The Hall–Kier alpha value is -4.38. The van der Waals surface area contributed by atoms with Crippen LogP contribution >= 0.6 is 0 Å². The number of likely N-dealkylation sites (tertiary alicyclic amines) is 1. The smallest absolute Gasteiger partial charge is 0.258 e. The molecule has 0 radical (unpaired) electrons. The highest BCUT2D eigenvalue weighted by Gasteiger charge is 2.50. The maximum atomic E-state index is 13.9. The molecule has 2 aliphatic heterocycles. The predicted molar refractivity (Wildman–Crippen MR) is 193 cm³/mol. The summed E-state index contributed by atoms with van der Waals surface area (Å²) in [5, 5.41) is 5.82. The zero-order valence-corrected chi connectivity index (χ0v) is 29.8. The molecule has 50 heavy (non-hydrogen) atoms. The highest BCUT2D eigenvalue weighted by molar-refractivity contribution is 6.09. The van der Waals surface area contributed by atoms with Gasteiger partial charge in [0, 0.05) is 40.6 Å². The Morgan fingerprint density at radius 2 is 1.72 bits per heavy atom. The van der Waals surface area contributed by atoms with Gasteiger partial charge in [-0.1, -0.05) is 24.6 Å². The molecular formula is C39H47F2N7O2. The van der Waals surface area contributed by atoms with E-state index in [9.17, 15) is 18.4 Å². The lowest BCUT2D eigenvalue weighted by molar-refractivity contribution is -0.123. The third-order valence-corrected chi connectivity index (χ3v) is 10.9. The van der Waals surface area contributed by atoms with Crippen LogP contribution in [0.2, 0.25) is 0 Å². The second kappa shape index (κ2) is 13.1. The standard InChI is InChI=1S/C39H47F2N7O2/c1-22(2)47-21-42-32-20-31(45-36(34(32)47)44-26-12-10-23(3)29(17-26)37(49)43-24(4)35(40)41)25-11-13-30-33(16-25)48(38(50)39(30,5)6)28-18-27(19-28)46-14-8-7-9-15-46/h10-13,16-17,20-22,24,27-28,35H,7-9,14-15,18-19H2,1-6H3,(H,43,49)(H,44,45). The van der Waals surface area contributed by atoms with Crippen molar-refractivity contribution in [2.24, 2.45) is 0 Å². The van der Waals surface area contributed by atoms with Crippen LogP contribution in [-0.4, -0.2) is 68.9 Å². The van der Waals surface area contributed by atoms with Crippen LogP contribution in [0.1, 0.15) is 94.2 Å². The second-order valence-corrected chi connectivity index (χ2v) is 15.1. The first-order chi connectivity index (χ1) is 23.8. The topological polar surface area (TPSA) is 95.4 Å². The molecule has 1 saturated heterocycles. The number of nitrogens with zero attached hydrogens (tertiary/aromatic N) is 5. The van der Waals surface area contributed by atoms with Gasteiger partial charge in [0.05, 0.1) is 29.0 Å². The number of halogens is 2. The van der Waals surface area contributed by atoms with Gasteiger partial charge in [-0.25, -0.2) is 18.7 Å². The quantitative estimate of drug-likeness (QED) is 0.187. The molecule has 1 atom stereocenters. The summed E-state index contributed by atoms with van der Waals surface area (Å²) in [5.74, 6) is 0.138. The van der Waals surface area contributed by atoms with Crippen molar-refractivity contribution in [3.05, 3.63) is 65.5 Å². The summed E-state index contributed by atoms with van der Waals surface area (Å²) in [6, 6.07) is 13.0. The first kappa shape index (κ1) is 34.1. The number of anilines is 3. The van der Waals surface area contributed by atoms with Crippen LogP contribution in [0, 0.1) is 6.92 Å². The van der Waals surface area contributed by atoms with Gasteiger partial charge in [0.15, 0.2) is 5.82 Å². The van der Waals surface area contributed by atoms with Gasteiger partial charge in [-0.05, 0) is 116 Å². The van der Waals surface area contributed by atoms with E-state index < -0.39 is 23.8 Å². The second-order valence-electron chi connectivity index (χ2n) is 15.1. The van der Waals surface area contributed by atoms with Crippen molar-refractivity contribution in [1.29, 1.82) is 0 Å². The number of piperidine rings is 1. The van der Waals surface area contributed by atoms with E-state index in [4.69, 9.17) is 9.97 Å². The molecule has 2 amide bonds. The molecule has 1 aliphatic carbocycles. The normalized spacial score (nSPS) is 21.1. The summed E-state index contributed by atoms with van der Waals surface area (Å²) in [6.45, 7) is 13.5. The molecule has 4 aromatic rings. The zero-order valence-electron chi connectivity index (χ0n) is 29.8. The first-order valence-corrected chi connectivity index (χ1v) is 17.9. The number of alkyl halides is 2. The number of aromatic nitrogens is 3. The summed E-state index contributed by atoms with van der Waals surface area (Å²) in [7, 11) is 0. The van der Waals surface area contributed by atoms with E-state index in [0.717, 1.165) is 53.8 Å². The Bertz CT molecular complexity index is 1940. The van der Waals surface area contributed by atoms with Gasteiger partial charge < -0.3 is 25.0 Å². The maximum absolute atomic E-state index is 13.9. The summed E-state index contributed by atoms with van der Waals surface area (Å²) in [6.07, 6.45) is 4.94. The lowest BCUT2D eigenvalue weighted by Crippen LogP contribution is -2.57. The highest BCUT2D eigenvalue weighted by atomic mass is 19.3. The molecule has 2 aromatic heterocycles. The molecule has 7 rings (SSSR count). The van der Waals surface area contributed by atoms with E-state index in [1.165, 1.54) is 26.2 Å². The van der Waals surface area contributed by atoms with Crippen molar-refractivity contribution in [1.82, 2.24) is 24.8 Å². The van der Waals surface area contributed by atoms with Crippen LogP contribution in [-0.2, 0) is 10.2 Å². The number of nitrogens with one attached hydrogen (secondary N) is 2. The van der Waals surface area contributed by atoms with Crippen molar-refractivity contribution >= 4 is 40.0 Å². The van der Waals surface area contributed by atoms with E-state index in [2.05, 4.69) is 46.4 Å². The zero-order chi connectivity index (χ0) is 35.5. The number of hydrogen-bond acceptors (Lipinski definition) is 6. The fourth-order valence-electron chi connectivity index (χ4n) is 7.77. The van der Waals surface area contributed by atoms with Crippen molar-refractivity contribution in [3.8, 4) is 11.3 Å². The minimum absolute atomic E-state index is 0.0985. The molecule has 0 bridgehead atoms. The first-order valence-electron chi connectivity index (χ1n) is 17.9. The Morgan fingerprint density at radius 1 is 0.980 bits per heavy atom. The molecule has 0 spiro atoms. The molecule has 4 heterocycles. The lowest BCUT2D eigenvalue weighted by atomic mass is 9.82. The molecular weight excluding hydrogens is 636 g/mol. The molecule has 11 heteroatoms. The summed E-state index contributed by atoms with van der Waals surface area (Å²) in [4.78, 5) is 41.4. The van der Waals surface area contributed by atoms with Gasteiger partial charge in [0.2, 0.25) is 5.91 Å². The Kier molecular flexibility index (Phi) is 8.90. The summed E-state index contributed by atoms with van der Waals surface area (Å²) in [5.41, 5.74) is 6.06. The van der Waals surface area contributed by atoms with Crippen molar-refractivity contribution in [2.45, 2.75) is 110 Å². The molecule has 9 nitrogen and oxygen atoms in total. The van der Waals surface area contributed by atoms with Crippen LogP contribution in [0.15, 0.2) is 48.8 Å². The fraction of sp³-hybridized carbons (Fsp3) is 0.487. The highest BCUT2D eigenvalue weighted by Crippen LogP contribution is 2.48. The Morgan fingerprint density at radius 3 is 2.42 bits per heavy atom. The average molecular weight is 684 g/mol. The summed E-state index contributed by atoms with van der Waals surface area (Å²) >= 11 is 0. The molecule has 1 unspecified atom stereocenters. The van der Waals surface area contributed by atoms with Crippen LogP contribution in [0.25, 0.3) is 22.3 Å². The number of amides is 2. The van der Waals surface area contributed by atoms with E-state index in [1.807, 2.05) is 36.6 Å². The van der Waals surface area contributed by atoms with Gasteiger partial charge in [-0.3, -0.25) is 9.59 Å². The number of fused-ring (bicyclic) bond motifs is 2. The van der Waals surface area contributed by atoms with Crippen LogP contribution < -0.4 is 15.5 Å². The number of carbonyl (C=O) groups is 2. The van der Waals surface area contributed by atoms with Crippen LogP contribution in [0.4, 0.5) is 26.0 Å². The maximum Gasteiger partial charge on any atom is 0.258 e. The number of pyridine rings is 1. The molecule has 3 aliphatic rings. The van der Waals surface area contributed by atoms with Gasteiger partial charge in [0.25, 0.3) is 12.3 Å². The third kappa shape index (κ3) is 6.03. The monoisotopic (exact) mass is 683 g/mol. The van der Waals surface area contributed by atoms with Gasteiger partial charge >= 0.3 is 0 Å². The van der Waals surface area contributed by atoms with E-state index in [-0.39, 0.29) is 18.0 Å². The minimum Gasteiger partial charge on any atom is -0.344 e. The summed E-state index contributed by atoms with van der Waals surface area (Å²) < 4.78 is 28.5. The molecule has 1 saturated carbocycles. The van der Waals surface area contributed by atoms with E-state index >= 15 is 0 Å². The number of benzene rings is 2. The van der Waals surface area contributed by atoms with Gasteiger partial charge in [0.1, 0.15) is 5.52 Å². The van der Waals surface area contributed by atoms with E-state index in [1.54, 1.807) is 25.4 Å². The number of rotatable bonds is 9. The van der Waals surface area contributed by atoms with Gasteiger partial charge in [-0.15, -0.1) is 0 Å². The molecule has 2 N–H and O–H groups in total. The number of imidazole rings is 1. The fourth-order valence-corrected chi connectivity index (χ4v) is 7.77. The van der Waals surface area contributed by atoms with E-state index in [0.29, 0.717) is 34.4 Å². The minimum atomic E-state index is -2.67. The van der Waals surface area contributed by atoms with Crippen LogP contribution in [0.5, 0.6) is 0 Å². The lowest BCUT2D eigenvalue weighted by Gasteiger charge is -2.48. The SMILES string of the molecule is Cc1ccc(Nc2nc(-c3ccc4c(c3)N(C3CC(N5CCCCC5)C3)C(=O)C4(C)C)cc3ncn(C(C)C)c23)cc1C(=O)NC(C)C(F)F. The predicted octanol–water partition coefficient (Wildman–Crippen LogP) is 7.76. The number of hydrogen-bond donors (Lipinski definition) is 2. The van der Waals surface area contributed by atoms with Crippen molar-refractivity contribution in [3.63, 3.8) is 0 Å². The average Bonchev–Trinajstić information content (AvgIpc) is 3.59. The number of carbonyl (C=O) groups excluding carboxylic acids is 2. The molecule has 2 aromatic carbocycles. The Balaban J connectivity index is 1.24. The molecule has 2 fully saturated rings. The Labute approximate surface area is 292 Å². The van der Waals surface area contributed by atoms with Crippen LogP contribution in [0.3, 0.4) is 0 Å². The third-order valence-electron chi connectivity index (χ3n) is 10.9. The largest absolute Gasteiger partial charge is 0.344 e. The van der Waals surface area contributed by atoms with Crippen molar-refractivity contribution in [2.75, 3.05) is 23.3 Å². The molecule has 264 valence electrons. The number of aryl methyl sites for hydroxylation is 1. The van der Waals surface area contributed by atoms with Crippen molar-refractivity contribution < 1.29 is 18.4 Å². The van der Waals surface area contributed by atoms with Gasteiger partial charge in [-0.2, -0.15) is 0 Å².